The molecule has 1 unspecified atom stereocenters. The number of benzene rings is 2. The van der Waals surface area contributed by atoms with Crippen LogP contribution in [-0.2, 0) is 22.4 Å². The maximum absolute atomic E-state index is 12.6. The Labute approximate surface area is 241 Å². The fourth-order valence-corrected chi connectivity index (χ4v) is 7.21. The van der Waals surface area contributed by atoms with E-state index in [0.29, 0.717) is 16.2 Å². The van der Waals surface area contributed by atoms with E-state index in [4.69, 9.17) is 9.47 Å². The minimum absolute atomic E-state index is 0.104. The summed E-state index contributed by atoms with van der Waals surface area (Å²) in [5.74, 6) is 1.89. The standard InChI is InChI=1S/C28H32N6O4S2/c1-34-26(40-28(33-34)30-24(36)15-18-7-5-9-22(13-18)38-3)20-11-10-19(16-20)25-31-32-27(39-25)29-23(35)14-17-6-4-8-21(12-17)37-2/h4-9,12-13,19-20,26H,10-11,14-16H2,1-3H3,(H,29,32,35)(H,30,33,36)/t19-,20-,26?/m1/s1. The van der Waals surface area contributed by atoms with Crippen molar-refractivity contribution in [3.05, 3.63) is 64.7 Å². The number of anilines is 1. The number of rotatable bonds is 9. The first-order chi connectivity index (χ1) is 19.4. The second-order valence-electron chi connectivity index (χ2n) is 9.86. The lowest BCUT2D eigenvalue weighted by atomic mass is 10.1. The zero-order valence-corrected chi connectivity index (χ0v) is 24.3. The Hall–Kier alpha value is -3.64. The zero-order valence-electron chi connectivity index (χ0n) is 22.6. The van der Waals surface area contributed by atoms with Crippen LogP contribution >= 0.6 is 23.1 Å². The van der Waals surface area contributed by atoms with Gasteiger partial charge in [0.1, 0.15) is 21.9 Å². The van der Waals surface area contributed by atoms with Crippen molar-refractivity contribution in [1.82, 2.24) is 20.5 Å². The molecule has 1 aliphatic heterocycles. The van der Waals surface area contributed by atoms with Crippen LogP contribution in [0.4, 0.5) is 5.13 Å². The average molecular weight is 581 g/mol. The van der Waals surface area contributed by atoms with Gasteiger partial charge in [-0.3, -0.25) is 14.6 Å². The molecule has 5 rings (SSSR count). The summed E-state index contributed by atoms with van der Waals surface area (Å²) in [5, 5.41) is 23.2. The van der Waals surface area contributed by atoms with E-state index in [9.17, 15) is 9.59 Å². The number of hydrazone groups is 1. The Kier molecular flexibility index (Phi) is 8.85. The van der Waals surface area contributed by atoms with Gasteiger partial charge >= 0.3 is 0 Å². The highest BCUT2D eigenvalue weighted by Gasteiger charge is 2.39. The lowest BCUT2D eigenvalue weighted by Crippen LogP contribution is -2.30. The molecule has 2 N–H and O–H groups in total. The third-order valence-corrected chi connectivity index (χ3v) is 9.35. The Bertz CT molecular complexity index is 1400. The highest BCUT2D eigenvalue weighted by molar-refractivity contribution is 8.14. The van der Waals surface area contributed by atoms with Crippen molar-refractivity contribution in [3.63, 3.8) is 0 Å². The van der Waals surface area contributed by atoms with E-state index in [2.05, 4.69) is 25.9 Å². The van der Waals surface area contributed by atoms with Crippen molar-refractivity contribution >= 4 is 45.2 Å². The van der Waals surface area contributed by atoms with Gasteiger partial charge in [-0.1, -0.05) is 47.4 Å². The van der Waals surface area contributed by atoms with Crippen LogP contribution in [0.5, 0.6) is 11.5 Å². The maximum Gasteiger partial charge on any atom is 0.230 e. The molecule has 12 heteroatoms. The number of methoxy groups -OCH3 is 2. The molecule has 0 spiro atoms. The van der Waals surface area contributed by atoms with Crippen LogP contribution in [0.15, 0.2) is 53.6 Å². The molecule has 2 aliphatic rings. The van der Waals surface area contributed by atoms with Crippen LogP contribution < -0.4 is 20.1 Å². The fourth-order valence-electron chi connectivity index (χ4n) is 5.08. The Morgan fingerprint density at radius 1 is 0.950 bits per heavy atom. The van der Waals surface area contributed by atoms with Crippen molar-refractivity contribution in [3.8, 4) is 11.5 Å². The normalized spacial score (nSPS) is 20.2. The lowest BCUT2D eigenvalue weighted by molar-refractivity contribution is -0.119. The number of nitrogens with one attached hydrogen (secondary N) is 2. The highest BCUT2D eigenvalue weighted by Crippen LogP contribution is 2.46. The number of thioether (sulfide) groups is 1. The smallest absolute Gasteiger partial charge is 0.230 e. The van der Waals surface area contributed by atoms with Gasteiger partial charge in [-0.25, -0.2) is 0 Å². The molecule has 1 aliphatic carbocycles. The van der Waals surface area contributed by atoms with Gasteiger partial charge < -0.3 is 20.1 Å². The summed E-state index contributed by atoms with van der Waals surface area (Å²) in [6.07, 6.45) is 3.48. The molecule has 1 saturated carbocycles. The Morgan fingerprint density at radius 3 is 2.25 bits per heavy atom. The molecule has 3 atom stereocenters. The first-order valence-corrected chi connectivity index (χ1v) is 14.8. The van der Waals surface area contributed by atoms with Gasteiger partial charge in [-0.05, 0) is 60.6 Å². The summed E-state index contributed by atoms with van der Waals surface area (Å²) in [6, 6.07) is 15.0. The van der Waals surface area contributed by atoms with Crippen LogP contribution in [0.2, 0.25) is 0 Å². The second kappa shape index (κ2) is 12.7. The summed E-state index contributed by atoms with van der Waals surface area (Å²) in [5.41, 5.74) is 1.76. The third-order valence-electron chi connectivity index (χ3n) is 7.01. The minimum atomic E-state index is -0.137. The summed E-state index contributed by atoms with van der Waals surface area (Å²) in [4.78, 5) is 25.2. The molecular weight excluding hydrogens is 548 g/mol. The monoisotopic (exact) mass is 580 g/mol. The number of nitrogens with zero attached hydrogens (tertiary/aromatic N) is 4. The summed E-state index contributed by atoms with van der Waals surface area (Å²) < 4.78 is 10.5. The number of hydrogen-bond donors (Lipinski definition) is 2. The molecule has 1 aromatic heterocycles. The quantitative estimate of drug-likeness (QED) is 0.386. The van der Waals surface area contributed by atoms with Gasteiger partial charge in [0.05, 0.1) is 27.1 Å². The van der Waals surface area contributed by atoms with E-state index in [1.165, 1.54) is 11.3 Å². The van der Waals surface area contributed by atoms with E-state index >= 15 is 0 Å². The predicted octanol–water partition coefficient (Wildman–Crippen LogP) is 4.25. The van der Waals surface area contributed by atoms with E-state index in [0.717, 1.165) is 46.9 Å². The summed E-state index contributed by atoms with van der Waals surface area (Å²) >= 11 is 3.04. The summed E-state index contributed by atoms with van der Waals surface area (Å²) in [6.45, 7) is 0. The third kappa shape index (κ3) is 6.92. The molecule has 0 saturated heterocycles. The second-order valence-corrected chi connectivity index (χ2v) is 12.0. The van der Waals surface area contributed by atoms with Crippen LogP contribution in [0, 0.1) is 5.92 Å². The molecule has 210 valence electrons. The first kappa shape index (κ1) is 27.9. The van der Waals surface area contributed by atoms with E-state index in [1.807, 2.05) is 60.6 Å². The molecule has 10 nitrogen and oxygen atoms in total. The molecule has 0 bridgehead atoms. The van der Waals surface area contributed by atoms with E-state index in [-0.39, 0.29) is 35.9 Å². The van der Waals surface area contributed by atoms with Gasteiger partial charge in [-0.15, -0.1) is 10.2 Å². The number of amidine groups is 1. The molecule has 40 heavy (non-hydrogen) atoms. The number of ether oxygens (including phenoxy) is 2. The first-order valence-electron chi connectivity index (χ1n) is 13.1. The number of carbonyl (C=O) groups is 2. The molecule has 1 fully saturated rings. The van der Waals surface area contributed by atoms with Crippen LogP contribution in [0.1, 0.15) is 41.3 Å². The lowest BCUT2D eigenvalue weighted by Gasteiger charge is -2.23. The van der Waals surface area contributed by atoms with Crippen LogP contribution in [-0.4, -0.2) is 58.8 Å². The van der Waals surface area contributed by atoms with Crippen LogP contribution in [0.25, 0.3) is 0 Å². The van der Waals surface area contributed by atoms with Crippen molar-refractivity contribution in [2.75, 3.05) is 26.6 Å². The SMILES string of the molecule is COc1cccc(CC(=O)NC2=NN(C)C([C@@H]3CC[C@@H](c4nnc(NC(=O)Cc5cccc(OC)c5)s4)C3)S2)c1. The highest BCUT2D eigenvalue weighted by atomic mass is 32.2. The minimum Gasteiger partial charge on any atom is -0.497 e. The molecule has 2 heterocycles. The zero-order chi connectivity index (χ0) is 28.1. The maximum atomic E-state index is 12.6. The van der Waals surface area contributed by atoms with Gasteiger partial charge in [0.15, 0.2) is 5.17 Å². The Balaban J connectivity index is 1.10. The van der Waals surface area contributed by atoms with Crippen molar-refractivity contribution < 1.29 is 19.1 Å². The van der Waals surface area contributed by atoms with Crippen molar-refractivity contribution in [2.24, 2.45) is 11.0 Å². The van der Waals surface area contributed by atoms with Crippen LogP contribution in [0.3, 0.4) is 0 Å². The number of amides is 2. The Morgan fingerprint density at radius 2 is 1.60 bits per heavy atom. The number of aromatic nitrogens is 2. The van der Waals surface area contributed by atoms with Crippen molar-refractivity contribution in [1.29, 1.82) is 0 Å². The van der Waals surface area contributed by atoms with E-state index in [1.54, 1.807) is 26.0 Å². The number of hydrogen-bond acceptors (Lipinski definition) is 10. The van der Waals surface area contributed by atoms with E-state index < -0.39 is 0 Å². The largest absolute Gasteiger partial charge is 0.497 e. The molecule has 2 aromatic carbocycles. The summed E-state index contributed by atoms with van der Waals surface area (Å²) in [7, 11) is 5.17. The fraction of sp³-hybridized carbons (Fsp3) is 0.393. The van der Waals surface area contributed by atoms with Crippen molar-refractivity contribution in [2.45, 2.75) is 43.4 Å². The van der Waals surface area contributed by atoms with Gasteiger partial charge in [0.2, 0.25) is 16.9 Å². The van der Waals surface area contributed by atoms with Gasteiger partial charge in [-0.2, -0.15) is 5.10 Å². The predicted molar refractivity (Wildman–Crippen MR) is 157 cm³/mol. The number of carbonyl (C=O) groups excluding carboxylic acids is 2. The average Bonchev–Trinajstić information content (AvgIpc) is 3.69. The molecule has 2 amide bonds. The molecule has 3 aromatic rings. The molecular formula is C28H32N6O4S2. The van der Waals surface area contributed by atoms with Gasteiger partial charge in [0, 0.05) is 13.0 Å². The van der Waals surface area contributed by atoms with Gasteiger partial charge in [0.25, 0.3) is 0 Å². The molecule has 0 radical (unpaired) electrons. The topological polar surface area (TPSA) is 118 Å².